The van der Waals surface area contributed by atoms with Gasteiger partial charge in [-0.25, -0.2) is 9.97 Å². The molecular formula is C22H30N4O. The van der Waals surface area contributed by atoms with Crippen LogP contribution in [0.25, 0.3) is 0 Å². The monoisotopic (exact) mass is 366 g/mol. The van der Waals surface area contributed by atoms with Crippen LogP contribution in [0.15, 0.2) is 24.3 Å². The molecule has 0 bridgehead atoms. The number of nitrogens with one attached hydrogen (secondary N) is 1. The molecule has 5 heteroatoms. The van der Waals surface area contributed by atoms with Gasteiger partial charge in [-0.2, -0.15) is 0 Å². The molecule has 27 heavy (non-hydrogen) atoms. The zero-order chi connectivity index (χ0) is 19.4. The number of carbonyl (C=O) groups is 1. The zero-order valence-corrected chi connectivity index (χ0v) is 16.9. The van der Waals surface area contributed by atoms with Crippen LogP contribution < -0.4 is 5.32 Å². The molecule has 1 amide bonds. The fourth-order valence-corrected chi connectivity index (χ4v) is 3.62. The van der Waals surface area contributed by atoms with Crippen LogP contribution in [0.2, 0.25) is 0 Å². The summed E-state index contributed by atoms with van der Waals surface area (Å²) in [4.78, 5) is 24.0. The van der Waals surface area contributed by atoms with Crippen molar-refractivity contribution in [3.05, 3.63) is 46.8 Å². The van der Waals surface area contributed by atoms with E-state index < -0.39 is 0 Å². The number of amides is 1. The molecule has 1 aliphatic rings. The van der Waals surface area contributed by atoms with Crippen molar-refractivity contribution < 1.29 is 4.79 Å². The number of likely N-dealkylation sites (tertiary alicyclic amines) is 1. The maximum atomic E-state index is 13.0. The molecule has 0 spiro atoms. The Hall–Kier alpha value is -2.43. The highest BCUT2D eigenvalue weighted by molar-refractivity contribution is 5.92. The summed E-state index contributed by atoms with van der Waals surface area (Å²) in [6.45, 7) is 9.97. The summed E-state index contributed by atoms with van der Waals surface area (Å²) in [5, 5.41) is 3.38. The zero-order valence-electron chi connectivity index (χ0n) is 16.9. The maximum Gasteiger partial charge on any atom is 0.272 e. The lowest BCUT2D eigenvalue weighted by atomic mass is 9.98. The largest absolute Gasteiger partial charge is 0.337 e. The van der Waals surface area contributed by atoms with Crippen molar-refractivity contribution in [2.24, 2.45) is 0 Å². The summed E-state index contributed by atoms with van der Waals surface area (Å²) in [5.74, 6) is 0.888. The van der Waals surface area contributed by atoms with Crippen molar-refractivity contribution >= 4 is 17.5 Å². The molecule has 1 fully saturated rings. The highest BCUT2D eigenvalue weighted by atomic mass is 16.2. The van der Waals surface area contributed by atoms with Gasteiger partial charge in [0.15, 0.2) is 0 Å². The van der Waals surface area contributed by atoms with Gasteiger partial charge in [0.25, 0.3) is 5.91 Å². The third-order valence-corrected chi connectivity index (χ3v) is 5.13. The third-order valence-electron chi connectivity index (χ3n) is 5.13. The number of nitrogens with zero attached hydrogens (tertiary/aromatic N) is 3. The summed E-state index contributed by atoms with van der Waals surface area (Å²) in [5.41, 5.74) is 4.68. The number of aryl methyl sites for hydroxylation is 2. The first-order valence-corrected chi connectivity index (χ1v) is 9.97. The molecule has 144 valence electrons. The van der Waals surface area contributed by atoms with Crippen LogP contribution in [0, 0.1) is 13.8 Å². The van der Waals surface area contributed by atoms with E-state index in [2.05, 4.69) is 54.3 Å². The number of rotatable bonds is 4. The van der Waals surface area contributed by atoms with Crippen LogP contribution in [0.4, 0.5) is 11.6 Å². The number of benzene rings is 1. The van der Waals surface area contributed by atoms with E-state index in [0.717, 1.165) is 42.9 Å². The maximum absolute atomic E-state index is 13.0. The quantitative estimate of drug-likeness (QED) is 0.829. The van der Waals surface area contributed by atoms with Crippen LogP contribution in [-0.2, 0) is 0 Å². The SMILES string of the molecule is Cc1cc(C(=O)N2CCCCCC2)nc(Nc2c(C)cccc2C(C)C)n1. The fourth-order valence-electron chi connectivity index (χ4n) is 3.62. The Kier molecular flexibility index (Phi) is 6.09. The van der Waals surface area contributed by atoms with Gasteiger partial charge < -0.3 is 10.2 Å². The summed E-state index contributed by atoms with van der Waals surface area (Å²) in [7, 11) is 0. The Bertz CT molecular complexity index is 808. The van der Waals surface area contributed by atoms with E-state index >= 15 is 0 Å². The van der Waals surface area contributed by atoms with Crippen LogP contribution in [0.3, 0.4) is 0 Å². The van der Waals surface area contributed by atoms with E-state index in [4.69, 9.17) is 0 Å². The molecule has 1 saturated heterocycles. The Morgan fingerprint density at radius 2 is 1.78 bits per heavy atom. The van der Waals surface area contributed by atoms with Crippen LogP contribution >= 0.6 is 0 Å². The molecule has 0 saturated carbocycles. The van der Waals surface area contributed by atoms with E-state index in [9.17, 15) is 4.79 Å². The summed E-state index contributed by atoms with van der Waals surface area (Å²) in [6, 6.07) is 8.06. The molecule has 3 rings (SSSR count). The molecular weight excluding hydrogens is 336 g/mol. The normalized spacial score (nSPS) is 14.9. The smallest absolute Gasteiger partial charge is 0.272 e. The van der Waals surface area contributed by atoms with E-state index in [1.807, 2.05) is 11.8 Å². The predicted molar refractivity (Wildman–Crippen MR) is 110 cm³/mol. The molecule has 1 N–H and O–H groups in total. The fraction of sp³-hybridized carbons (Fsp3) is 0.500. The predicted octanol–water partition coefficient (Wildman–Crippen LogP) is 4.98. The van der Waals surface area contributed by atoms with Gasteiger partial charge in [-0.3, -0.25) is 4.79 Å². The first kappa shape index (κ1) is 19.3. The van der Waals surface area contributed by atoms with Crippen molar-refractivity contribution in [3.63, 3.8) is 0 Å². The van der Waals surface area contributed by atoms with Gasteiger partial charge in [0, 0.05) is 24.5 Å². The van der Waals surface area contributed by atoms with Gasteiger partial charge in [-0.05, 0) is 49.8 Å². The van der Waals surface area contributed by atoms with Crippen molar-refractivity contribution in [2.75, 3.05) is 18.4 Å². The first-order valence-electron chi connectivity index (χ1n) is 9.97. The van der Waals surface area contributed by atoms with Crippen LogP contribution in [0.1, 0.15) is 72.8 Å². The Morgan fingerprint density at radius 1 is 1.07 bits per heavy atom. The van der Waals surface area contributed by atoms with Crippen molar-refractivity contribution in [3.8, 4) is 0 Å². The molecule has 0 radical (unpaired) electrons. The minimum absolute atomic E-state index is 0.0133. The Balaban J connectivity index is 1.89. The molecule has 0 aliphatic carbocycles. The molecule has 2 aromatic rings. The van der Waals surface area contributed by atoms with E-state index in [0.29, 0.717) is 17.6 Å². The molecule has 1 aromatic carbocycles. The lowest BCUT2D eigenvalue weighted by Gasteiger charge is -2.21. The van der Waals surface area contributed by atoms with Crippen LogP contribution in [-0.4, -0.2) is 33.9 Å². The molecule has 2 heterocycles. The molecule has 0 unspecified atom stereocenters. The molecule has 1 aromatic heterocycles. The summed E-state index contributed by atoms with van der Waals surface area (Å²) >= 11 is 0. The Morgan fingerprint density at radius 3 is 2.44 bits per heavy atom. The summed E-state index contributed by atoms with van der Waals surface area (Å²) < 4.78 is 0. The number of hydrogen-bond acceptors (Lipinski definition) is 4. The topological polar surface area (TPSA) is 58.1 Å². The number of para-hydroxylation sites is 1. The average Bonchev–Trinajstić information content (AvgIpc) is 2.91. The van der Waals surface area contributed by atoms with Gasteiger partial charge in [0.1, 0.15) is 5.69 Å². The number of carbonyl (C=O) groups excluding carboxylic acids is 1. The highest BCUT2D eigenvalue weighted by Gasteiger charge is 2.20. The second-order valence-electron chi connectivity index (χ2n) is 7.74. The van der Waals surface area contributed by atoms with Crippen molar-refractivity contribution in [1.82, 2.24) is 14.9 Å². The van der Waals surface area contributed by atoms with Gasteiger partial charge in [-0.15, -0.1) is 0 Å². The van der Waals surface area contributed by atoms with Crippen molar-refractivity contribution in [2.45, 2.75) is 59.3 Å². The minimum atomic E-state index is 0.0133. The van der Waals surface area contributed by atoms with Gasteiger partial charge in [-0.1, -0.05) is 44.9 Å². The Labute approximate surface area is 162 Å². The standard InChI is InChI=1S/C22H30N4O/c1-15(2)18-11-9-10-16(3)20(18)25-22-23-17(4)14-19(24-22)21(27)26-12-7-5-6-8-13-26/h9-11,14-15H,5-8,12-13H2,1-4H3,(H,23,24,25). The van der Waals surface area contributed by atoms with E-state index in [1.165, 1.54) is 18.4 Å². The van der Waals surface area contributed by atoms with Gasteiger partial charge in [0.2, 0.25) is 5.95 Å². The first-order chi connectivity index (χ1) is 13.0. The van der Waals surface area contributed by atoms with Crippen LogP contribution in [0.5, 0.6) is 0 Å². The second-order valence-corrected chi connectivity index (χ2v) is 7.74. The third kappa shape index (κ3) is 4.65. The molecule has 0 atom stereocenters. The summed E-state index contributed by atoms with van der Waals surface area (Å²) in [6.07, 6.45) is 4.54. The second kappa shape index (κ2) is 8.51. The minimum Gasteiger partial charge on any atom is -0.337 e. The van der Waals surface area contributed by atoms with Crippen molar-refractivity contribution in [1.29, 1.82) is 0 Å². The van der Waals surface area contributed by atoms with Gasteiger partial charge in [0.05, 0.1) is 0 Å². The van der Waals surface area contributed by atoms with Gasteiger partial charge >= 0.3 is 0 Å². The van der Waals surface area contributed by atoms with E-state index in [-0.39, 0.29) is 5.91 Å². The average molecular weight is 367 g/mol. The number of aromatic nitrogens is 2. The molecule has 5 nitrogen and oxygen atoms in total. The number of hydrogen-bond donors (Lipinski definition) is 1. The van der Waals surface area contributed by atoms with E-state index in [1.54, 1.807) is 6.07 Å². The highest BCUT2D eigenvalue weighted by Crippen LogP contribution is 2.29. The lowest BCUT2D eigenvalue weighted by molar-refractivity contribution is 0.0755. The number of anilines is 2. The lowest BCUT2D eigenvalue weighted by Crippen LogP contribution is -2.32. The molecule has 1 aliphatic heterocycles.